The first kappa shape index (κ1) is 12.8. The molecule has 0 aromatic heterocycles. The fourth-order valence-electron chi connectivity index (χ4n) is 2.98. The van der Waals surface area contributed by atoms with Gasteiger partial charge in [0.05, 0.1) is 18.2 Å². The van der Waals surface area contributed by atoms with Crippen LogP contribution in [0.2, 0.25) is 0 Å². The van der Waals surface area contributed by atoms with E-state index in [0.29, 0.717) is 6.42 Å². The Morgan fingerprint density at radius 3 is 2.65 bits per heavy atom. The molecule has 0 aromatic carbocycles. The molecule has 98 valence electrons. The topological polar surface area (TPSA) is 81.0 Å². The molecule has 5 heteroatoms. The number of carbonyl (C=O) groups is 1. The first-order chi connectivity index (χ1) is 8.06. The molecule has 5 atom stereocenters. The van der Waals surface area contributed by atoms with E-state index in [2.05, 4.69) is 6.92 Å². The third-order valence-electron chi connectivity index (χ3n) is 4.01. The molecule has 0 aromatic rings. The number of piperidine rings is 1. The predicted molar refractivity (Wildman–Crippen MR) is 61.2 cm³/mol. The second kappa shape index (κ2) is 4.92. The summed E-state index contributed by atoms with van der Waals surface area (Å²) >= 11 is 0. The Balaban J connectivity index is 2.10. The maximum absolute atomic E-state index is 11.9. The van der Waals surface area contributed by atoms with Crippen molar-refractivity contribution in [2.24, 2.45) is 5.92 Å². The molecule has 0 saturated carbocycles. The lowest BCUT2D eigenvalue weighted by Gasteiger charge is -2.39. The van der Waals surface area contributed by atoms with Crippen LogP contribution in [0.5, 0.6) is 0 Å². The highest BCUT2D eigenvalue weighted by Crippen LogP contribution is 2.34. The van der Waals surface area contributed by atoms with Gasteiger partial charge in [-0.1, -0.05) is 19.8 Å². The molecule has 0 bridgehead atoms. The monoisotopic (exact) mass is 243 g/mol. The van der Waals surface area contributed by atoms with E-state index in [9.17, 15) is 20.1 Å². The maximum Gasteiger partial charge on any atom is 0.223 e. The Hall–Kier alpha value is -0.650. The predicted octanol–water partition coefficient (Wildman–Crippen LogP) is -0.510. The van der Waals surface area contributed by atoms with Crippen LogP contribution >= 0.6 is 0 Å². The molecule has 2 fully saturated rings. The summed E-state index contributed by atoms with van der Waals surface area (Å²) in [4.78, 5) is 13.3. The molecule has 2 aliphatic rings. The third kappa shape index (κ3) is 2.19. The first-order valence-corrected chi connectivity index (χ1v) is 6.40. The van der Waals surface area contributed by atoms with E-state index in [-0.39, 0.29) is 18.4 Å². The summed E-state index contributed by atoms with van der Waals surface area (Å²) in [5.74, 6) is -0.138. The second-order valence-corrected chi connectivity index (χ2v) is 5.19. The van der Waals surface area contributed by atoms with Crippen molar-refractivity contribution in [1.29, 1.82) is 0 Å². The number of amides is 1. The lowest BCUT2D eigenvalue weighted by Crippen LogP contribution is -2.55. The van der Waals surface area contributed by atoms with Gasteiger partial charge in [0.1, 0.15) is 6.10 Å². The normalized spacial score (nSPS) is 41.8. The number of aliphatic hydroxyl groups excluding tert-OH is 3. The van der Waals surface area contributed by atoms with Crippen LogP contribution in [-0.4, -0.2) is 57.0 Å². The van der Waals surface area contributed by atoms with E-state index in [1.54, 1.807) is 0 Å². The molecule has 1 amide bonds. The number of hydrogen-bond donors (Lipinski definition) is 3. The highest BCUT2D eigenvalue weighted by molar-refractivity contribution is 5.78. The zero-order valence-corrected chi connectivity index (χ0v) is 10.1. The third-order valence-corrected chi connectivity index (χ3v) is 4.01. The van der Waals surface area contributed by atoms with Crippen LogP contribution in [0, 0.1) is 5.92 Å². The molecular formula is C12H21NO4. The van der Waals surface area contributed by atoms with Gasteiger partial charge in [-0.25, -0.2) is 0 Å². The molecule has 2 saturated heterocycles. The van der Waals surface area contributed by atoms with Crippen LogP contribution in [0.1, 0.15) is 32.6 Å². The maximum atomic E-state index is 11.9. The Morgan fingerprint density at radius 1 is 1.29 bits per heavy atom. The molecule has 3 N–H and O–H groups in total. The van der Waals surface area contributed by atoms with Crippen LogP contribution in [0.3, 0.4) is 0 Å². The molecule has 2 rings (SSSR count). The second-order valence-electron chi connectivity index (χ2n) is 5.19. The van der Waals surface area contributed by atoms with Crippen molar-refractivity contribution in [2.75, 3.05) is 6.54 Å². The highest BCUT2D eigenvalue weighted by Gasteiger charge is 2.51. The van der Waals surface area contributed by atoms with Crippen LogP contribution in [0.4, 0.5) is 0 Å². The Bertz CT molecular complexity index is 296. The standard InChI is InChI=1S/C12H21NO4/c1-2-3-4-7-5-9(15)13-6-8(14)12(17)10(13)11(7)16/h7-8,10-12,14,16-17H,2-6H2,1H3/t7-,8-,10+,11+,12-/m1/s1. The quantitative estimate of drug-likeness (QED) is 0.623. The van der Waals surface area contributed by atoms with Gasteiger partial charge in [0.2, 0.25) is 5.91 Å². The van der Waals surface area contributed by atoms with Crippen molar-refractivity contribution < 1.29 is 20.1 Å². The number of carbonyl (C=O) groups excluding carboxylic acids is 1. The molecule has 0 spiro atoms. The van der Waals surface area contributed by atoms with Gasteiger partial charge in [-0.05, 0) is 12.3 Å². The number of aliphatic hydroxyl groups is 3. The van der Waals surface area contributed by atoms with E-state index in [1.807, 2.05) is 0 Å². The summed E-state index contributed by atoms with van der Waals surface area (Å²) in [6, 6.07) is -0.617. The van der Waals surface area contributed by atoms with Crippen molar-refractivity contribution in [3.63, 3.8) is 0 Å². The number of nitrogens with zero attached hydrogens (tertiary/aromatic N) is 1. The summed E-state index contributed by atoms with van der Waals surface area (Å²) < 4.78 is 0. The number of unbranched alkanes of at least 4 members (excludes halogenated alkanes) is 1. The first-order valence-electron chi connectivity index (χ1n) is 6.40. The van der Waals surface area contributed by atoms with Crippen molar-refractivity contribution in [1.82, 2.24) is 4.90 Å². The summed E-state index contributed by atoms with van der Waals surface area (Å²) in [6.07, 6.45) is 0.471. The lowest BCUT2D eigenvalue weighted by atomic mass is 9.83. The van der Waals surface area contributed by atoms with Crippen LogP contribution < -0.4 is 0 Å². The molecule has 0 unspecified atom stereocenters. The van der Waals surface area contributed by atoms with Crippen LogP contribution in [0.25, 0.3) is 0 Å². The van der Waals surface area contributed by atoms with Gasteiger partial charge in [0, 0.05) is 13.0 Å². The SMILES string of the molecule is CCCC[C@@H]1CC(=O)N2C[C@@H](O)[C@@H](O)[C@@H]2[C@H]1O. The van der Waals surface area contributed by atoms with Gasteiger partial charge in [0.15, 0.2) is 0 Å². The van der Waals surface area contributed by atoms with Gasteiger partial charge in [-0.15, -0.1) is 0 Å². The summed E-state index contributed by atoms with van der Waals surface area (Å²) in [5.41, 5.74) is 0. The van der Waals surface area contributed by atoms with Crippen molar-refractivity contribution >= 4 is 5.91 Å². The minimum absolute atomic E-state index is 0.0583. The largest absolute Gasteiger partial charge is 0.391 e. The molecule has 0 aliphatic carbocycles. The van der Waals surface area contributed by atoms with Gasteiger partial charge < -0.3 is 20.2 Å². The van der Waals surface area contributed by atoms with Gasteiger partial charge >= 0.3 is 0 Å². The lowest BCUT2D eigenvalue weighted by molar-refractivity contribution is -0.147. The van der Waals surface area contributed by atoms with E-state index >= 15 is 0 Å². The van der Waals surface area contributed by atoms with Crippen LogP contribution in [-0.2, 0) is 4.79 Å². The van der Waals surface area contributed by atoms with Crippen molar-refractivity contribution in [3.05, 3.63) is 0 Å². The average Bonchev–Trinajstić information content (AvgIpc) is 2.60. The molecule has 0 radical (unpaired) electrons. The molecular weight excluding hydrogens is 222 g/mol. The Morgan fingerprint density at radius 2 is 2.00 bits per heavy atom. The number of fused-ring (bicyclic) bond motifs is 1. The van der Waals surface area contributed by atoms with Gasteiger partial charge in [-0.3, -0.25) is 4.79 Å². The fraction of sp³-hybridized carbons (Fsp3) is 0.917. The summed E-state index contributed by atoms with van der Waals surface area (Å²) in [5, 5.41) is 29.6. The zero-order chi connectivity index (χ0) is 12.6. The van der Waals surface area contributed by atoms with E-state index < -0.39 is 24.4 Å². The van der Waals surface area contributed by atoms with Gasteiger partial charge in [-0.2, -0.15) is 0 Å². The van der Waals surface area contributed by atoms with Crippen molar-refractivity contribution in [3.8, 4) is 0 Å². The average molecular weight is 243 g/mol. The molecule has 17 heavy (non-hydrogen) atoms. The Labute approximate surface area is 101 Å². The smallest absolute Gasteiger partial charge is 0.223 e. The molecule has 2 aliphatic heterocycles. The number of rotatable bonds is 3. The minimum Gasteiger partial charge on any atom is -0.391 e. The summed E-state index contributed by atoms with van der Waals surface area (Å²) in [7, 11) is 0. The van der Waals surface area contributed by atoms with Crippen LogP contribution in [0.15, 0.2) is 0 Å². The van der Waals surface area contributed by atoms with E-state index in [4.69, 9.17) is 0 Å². The molecule has 5 nitrogen and oxygen atoms in total. The minimum atomic E-state index is -1.02. The fourth-order valence-corrected chi connectivity index (χ4v) is 2.98. The van der Waals surface area contributed by atoms with E-state index in [1.165, 1.54) is 4.90 Å². The highest BCUT2D eigenvalue weighted by atomic mass is 16.3. The van der Waals surface area contributed by atoms with E-state index in [0.717, 1.165) is 19.3 Å². The van der Waals surface area contributed by atoms with Gasteiger partial charge in [0.25, 0.3) is 0 Å². The molecule has 2 heterocycles. The number of hydrogen-bond acceptors (Lipinski definition) is 4. The Kier molecular flexibility index (Phi) is 3.70. The zero-order valence-electron chi connectivity index (χ0n) is 10.1. The summed E-state index contributed by atoms with van der Waals surface area (Å²) in [6.45, 7) is 2.21. The van der Waals surface area contributed by atoms with Crippen molar-refractivity contribution in [2.45, 2.75) is 57.0 Å².